The van der Waals surface area contributed by atoms with Crippen molar-refractivity contribution in [3.8, 4) is 5.75 Å². The van der Waals surface area contributed by atoms with Gasteiger partial charge in [0, 0.05) is 37.8 Å². The molecule has 2 fully saturated rings. The van der Waals surface area contributed by atoms with Gasteiger partial charge in [0.1, 0.15) is 17.3 Å². The van der Waals surface area contributed by atoms with Gasteiger partial charge in [0.2, 0.25) is 0 Å². The second-order valence-electron chi connectivity index (χ2n) is 9.99. The van der Waals surface area contributed by atoms with Gasteiger partial charge in [0.25, 0.3) is 5.91 Å². The smallest absolute Gasteiger partial charge is 0.406 e. The number of amides is 1. The summed E-state index contributed by atoms with van der Waals surface area (Å²) in [6.07, 6.45) is -0.112. The number of aromatic nitrogens is 2. The van der Waals surface area contributed by atoms with Crippen LogP contribution in [0.4, 0.5) is 19.0 Å². The number of piperazine rings is 1. The van der Waals surface area contributed by atoms with Crippen LogP contribution in [0.5, 0.6) is 5.75 Å². The Kier molecular flexibility index (Phi) is 8.23. The number of piperidine rings is 1. The van der Waals surface area contributed by atoms with Crippen molar-refractivity contribution in [3.05, 3.63) is 47.4 Å². The molecule has 0 saturated carbocycles. The van der Waals surface area contributed by atoms with Crippen LogP contribution in [0.2, 0.25) is 0 Å². The molecule has 0 spiro atoms. The van der Waals surface area contributed by atoms with Gasteiger partial charge < -0.3 is 15.4 Å². The highest BCUT2D eigenvalue weighted by Gasteiger charge is 2.37. The highest BCUT2D eigenvalue weighted by molar-refractivity contribution is 5.90. The normalized spacial score (nSPS) is 22.3. The fourth-order valence-electron chi connectivity index (χ4n) is 5.51. The molecular formula is C26H35F3N6O2. The number of likely N-dealkylation sites (tertiary alicyclic amines) is 1. The Morgan fingerprint density at radius 1 is 1.16 bits per heavy atom. The van der Waals surface area contributed by atoms with Crippen LogP contribution in [0.15, 0.2) is 30.5 Å². The van der Waals surface area contributed by atoms with E-state index < -0.39 is 12.3 Å². The summed E-state index contributed by atoms with van der Waals surface area (Å²) < 4.78 is 41.1. The van der Waals surface area contributed by atoms with E-state index in [0.29, 0.717) is 24.3 Å². The van der Waals surface area contributed by atoms with Crippen LogP contribution in [0, 0.1) is 6.92 Å². The van der Waals surface area contributed by atoms with Crippen molar-refractivity contribution >= 4 is 11.7 Å². The number of nitrogens with two attached hydrogens (primary N) is 1. The number of ether oxygens (including phenoxy) is 1. The van der Waals surface area contributed by atoms with Crippen LogP contribution in [-0.2, 0) is 6.54 Å². The van der Waals surface area contributed by atoms with E-state index in [2.05, 4.69) is 43.3 Å². The third-order valence-electron chi connectivity index (χ3n) is 7.39. The molecule has 8 nitrogen and oxygen atoms in total. The van der Waals surface area contributed by atoms with Crippen LogP contribution >= 0.6 is 0 Å². The standard InChI is InChI=1S/C26H35F3N6O2/c1-4-20-16-34(25-18(3)32-23(13-31-25)24(30)36)17(2)14-35(20)21-9-11-33(12-10-21)15-19-5-7-22(8-6-19)37-26(27,28)29/h5-8,13,17,20-21H,4,9-12,14-16H2,1-3H3,(H2,30,36)/t17-,20+/m1/s1. The number of halogens is 3. The third-order valence-corrected chi connectivity index (χ3v) is 7.39. The summed E-state index contributed by atoms with van der Waals surface area (Å²) in [5.74, 6) is 0.0289. The summed E-state index contributed by atoms with van der Waals surface area (Å²) >= 11 is 0. The van der Waals surface area contributed by atoms with Gasteiger partial charge in [-0.2, -0.15) is 0 Å². The molecule has 2 aromatic rings. The maximum Gasteiger partial charge on any atom is 0.573 e. The third kappa shape index (κ3) is 6.70. The predicted molar refractivity (Wildman–Crippen MR) is 134 cm³/mol. The number of alkyl halides is 3. The van der Waals surface area contributed by atoms with Crippen molar-refractivity contribution in [3.63, 3.8) is 0 Å². The molecule has 1 amide bonds. The first-order chi connectivity index (χ1) is 17.5. The van der Waals surface area contributed by atoms with Gasteiger partial charge in [-0.15, -0.1) is 13.2 Å². The Bertz CT molecular complexity index is 1070. The minimum atomic E-state index is -4.68. The van der Waals surface area contributed by atoms with E-state index in [0.717, 1.165) is 56.8 Å². The van der Waals surface area contributed by atoms with Crippen LogP contribution in [0.1, 0.15) is 54.9 Å². The summed E-state index contributed by atoms with van der Waals surface area (Å²) in [5, 5.41) is 0. The van der Waals surface area contributed by atoms with Gasteiger partial charge >= 0.3 is 6.36 Å². The molecule has 2 aliphatic rings. The van der Waals surface area contributed by atoms with Crippen LogP contribution in [0.25, 0.3) is 0 Å². The number of hydrogen-bond acceptors (Lipinski definition) is 7. The number of nitrogens with zero attached hydrogens (tertiary/aromatic N) is 5. The number of anilines is 1. The van der Waals surface area contributed by atoms with Crippen LogP contribution in [-0.4, -0.2) is 76.3 Å². The Hall–Kier alpha value is -2.92. The molecule has 37 heavy (non-hydrogen) atoms. The molecule has 0 aliphatic carbocycles. The first kappa shape index (κ1) is 27.1. The Morgan fingerprint density at radius 2 is 1.84 bits per heavy atom. The zero-order valence-electron chi connectivity index (χ0n) is 21.5. The quantitative estimate of drug-likeness (QED) is 0.595. The highest BCUT2D eigenvalue weighted by Crippen LogP contribution is 2.30. The number of rotatable bonds is 7. The lowest BCUT2D eigenvalue weighted by Crippen LogP contribution is -2.61. The number of aryl methyl sites for hydroxylation is 1. The largest absolute Gasteiger partial charge is 0.573 e. The summed E-state index contributed by atoms with van der Waals surface area (Å²) in [6.45, 7) is 10.6. The monoisotopic (exact) mass is 520 g/mol. The lowest BCUT2D eigenvalue weighted by atomic mass is 9.96. The number of carbonyl (C=O) groups is 1. The van der Waals surface area contributed by atoms with Crippen molar-refractivity contribution in [2.45, 2.75) is 71.1 Å². The number of primary amides is 1. The molecule has 0 radical (unpaired) electrons. The summed E-state index contributed by atoms with van der Waals surface area (Å²) in [5.41, 5.74) is 7.21. The molecule has 1 aromatic carbocycles. The van der Waals surface area contributed by atoms with Crippen molar-refractivity contribution in [2.75, 3.05) is 31.1 Å². The zero-order chi connectivity index (χ0) is 26.7. The molecule has 2 N–H and O–H groups in total. The fourth-order valence-corrected chi connectivity index (χ4v) is 5.51. The first-order valence-corrected chi connectivity index (χ1v) is 12.8. The summed E-state index contributed by atoms with van der Waals surface area (Å²) in [4.78, 5) is 27.6. The molecule has 0 unspecified atom stereocenters. The molecule has 2 atom stereocenters. The predicted octanol–water partition coefficient (Wildman–Crippen LogP) is 3.74. The zero-order valence-corrected chi connectivity index (χ0v) is 21.5. The molecule has 0 bridgehead atoms. The lowest BCUT2D eigenvalue weighted by molar-refractivity contribution is -0.274. The lowest BCUT2D eigenvalue weighted by Gasteiger charge is -2.50. The van der Waals surface area contributed by atoms with Gasteiger partial charge in [-0.25, -0.2) is 9.97 Å². The first-order valence-electron chi connectivity index (χ1n) is 12.8. The Labute approximate surface area is 215 Å². The molecule has 4 rings (SSSR count). The second kappa shape index (κ2) is 11.2. The van der Waals surface area contributed by atoms with Crippen molar-refractivity contribution < 1.29 is 22.7 Å². The van der Waals surface area contributed by atoms with E-state index in [1.165, 1.54) is 18.3 Å². The van der Waals surface area contributed by atoms with Gasteiger partial charge in [0.15, 0.2) is 0 Å². The summed E-state index contributed by atoms with van der Waals surface area (Å²) in [7, 11) is 0. The van der Waals surface area contributed by atoms with Crippen molar-refractivity contribution in [2.24, 2.45) is 5.73 Å². The number of hydrogen-bond donors (Lipinski definition) is 1. The van der Waals surface area contributed by atoms with Gasteiger partial charge in [-0.1, -0.05) is 19.1 Å². The maximum absolute atomic E-state index is 12.4. The number of carbonyl (C=O) groups excluding carboxylic acids is 1. The highest BCUT2D eigenvalue weighted by atomic mass is 19.4. The van der Waals surface area contributed by atoms with Crippen LogP contribution in [0.3, 0.4) is 0 Å². The van der Waals surface area contributed by atoms with Crippen molar-refractivity contribution in [1.82, 2.24) is 19.8 Å². The Balaban J connectivity index is 1.33. The minimum Gasteiger partial charge on any atom is -0.406 e. The average Bonchev–Trinajstić information content (AvgIpc) is 2.85. The molecule has 202 valence electrons. The van der Waals surface area contributed by atoms with E-state index in [1.54, 1.807) is 12.1 Å². The van der Waals surface area contributed by atoms with E-state index in [1.807, 2.05) is 6.92 Å². The molecule has 11 heteroatoms. The van der Waals surface area contributed by atoms with E-state index >= 15 is 0 Å². The number of benzene rings is 1. The Morgan fingerprint density at radius 3 is 2.41 bits per heavy atom. The van der Waals surface area contributed by atoms with E-state index in [9.17, 15) is 18.0 Å². The van der Waals surface area contributed by atoms with E-state index in [4.69, 9.17) is 5.73 Å². The van der Waals surface area contributed by atoms with Crippen molar-refractivity contribution in [1.29, 1.82) is 0 Å². The minimum absolute atomic E-state index is 0.178. The molecule has 1 aromatic heterocycles. The molecule has 2 saturated heterocycles. The maximum atomic E-state index is 12.4. The molecular weight excluding hydrogens is 485 g/mol. The molecule has 2 aliphatic heterocycles. The topological polar surface area (TPSA) is 87.8 Å². The van der Waals surface area contributed by atoms with Gasteiger partial charge in [-0.05, 0) is 63.9 Å². The van der Waals surface area contributed by atoms with Gasteiger partial charge in [-0.3, -0.25) is 14.6 Å². The summed E-state index contributed by atoms with van der Waals surface area (Å²) in [6, 6.07) is 7.24. The van der Waals surface area contributed by atoms with Crippen LogP contribution < -0.4 is 15.4 Å². The SMILES string of the molecule is CC[C@H]1CN(c2ncc(C(N)=O)nc2C)[C@H](C)CN1C1CCN(Cc2ccc(OC(F)(F)F)cc2)CC1. The fraction of sp³-hybridized carbons (Fsp3) is 0.577. The van der Waals surface area contributed by atoms with Gasteiger partial charge in [0.05, 0.1) is 11.9 Å². The second-order valence-corrected chi connectivity index (χ2v) is 9.99. The molecule has 3 heterocycles. The average molecular weight is 521 g/mol. The van der Waals surface area contributed by atoms with E-state index in [-0.39, 0.29) is 17.5 Å².